The molecule has 1 aliphatic carbocycles. The Balaban J connectivity index is 1.66. The van der Waals surface area contributed by atoms with E-state index in [1.165, 1.54) is 19.1 Å². The molecule has 0 saturated heterocycles. The SMILES string of the molecule is CC(=O)c1cccc(OC(C)C(=O)NC(c2ccc(F)cc2)C2CC2)c1. The summed E-state index contributed by atoms with van der Waals surface area (Å²) in [4.78, 5) is 24.0. The Hall–Kier alpha value is -2.69. The van der Waals surface area contributed by atoms with E-state index in [1.54, 1.807) is 43.3 Å². The molecular weight excluding hydrogens is 333 g/mol. The molecule has 2 aromatic carbocycles. The van der Waals surface area contributed by atoms with Crippen molar-refractivity contribution in [3.8, 4) is 5.75 Å². The Kier molecular flexibility index (Phi) is 5.35. The lowest BCUT2D eigenvalue weighted by atomic mass is 10.0. The smallest absolute Gasteiger partial charge is 0.261 e. The number of rotatable bonds is 7. The summed E-state index contributed by atoms with van der Waals surface area (Å²) in [6, 6.07) is 12.9. The van der Waals surface area contributed by atoms with E-state index >= 15 is 0 Å². The van der Waals surface area contributed by atoms with E-state index in [1.807, 2.05) is 0 Å². The van der Waals surface area contributed by atoms with Crippen molar-refractivity contribution in [3.63, 3.8) is 0 Å². The normalized spacial score (nSPS) is 15.8. The maximum absolute atomic E-state index is 13.2. The quantitative estimate of drug-likeness (QED) is 0.762. The highest BCUT2D eigenvalue weighted by atomic mass is 19.1. The lowest BCUT2D eigenvalue weighted by Gasteiger charge is -2.22. The van der Waals surface area contributed by atoms with Crippen molar-refractivity contribution in [1.82, 2.24) is 5.32 Å². The molecule has 1 aliphatic rings. The fourth-order valence-electron chi connectivity index (χ4n) is 2.89. The number of carbonyl (C=O) groups excluding carboxylic acids is 2. The van der Waals surface area contributed by atoms with Crippen molar-refractivity contribution in [3.05, 3.63) is 65.5 Å². The summed E-state index contributed by atoms with van der Waals surface area (Å²) >= 11 is 0. The lowest BCUT2D eigenvalue weighted by Crippen LogP contribution is -2.39. The molecule has 1 N–H and O–H groups in total. The molecule has 5 heteroatoms. The number of hydrogen-bond donors (Lipinski definition) is 1. The first-order valence-electron chi connectivity index (χ1n) is 8.77. The van der Waals surface area contributed by atoms with Crippen molar-refractivity contribution >= 4 is 11.7 Å². The van der Waals surface area contributed by atoms with Gasteiger partial charge in [-0.3, -0.25) is 9.59 Å². The van der Waals surface area contributed by atoms with Crippen LogP contribution >= 0.6 is 0 Å². The van der Waals surface area contributed by atoms with Crippen LogP contribution in [-0.2, 0) is 4.79 Å². The molecule has 0 aliphatic heterocycles. The Morgan fingerprint density at radius 3 is 2.46 bits per heavy atom. The van der Waals surface area contributed by atoms with E-state index < -0.39 is 6.10 Å². The van der Waals surface area contributed by atoms with Gasteiger partial charge in [0.2, 0.25) is 0 Å². The summed E-state index contributed by atoms with van der Waals surface area (Å²) in [5.74, 6) is 0.261. The third-order valence-corrected chi connectivity index (χ3v) is 4.54. The highest BCUT2D eigenvalue weighted by Crippen LogP contribution is 2.41. The molecule has 136 valence electrons. The number of amides is 1. The van der Waals surface area contributed by atoms with Gasteiger partial charge >= 0.3 is 0 Å². The standard InChI is InChI=1S/C21H22FNO3/c1-13(24)17-4-3-5-19(12-17)26-14(2)21(25)23-20(15-6-7-15)16-8-10-18(22)11-9-16/h3-5,8-12,14-15,20H,6-7H2,1-2H3,(H,23,25). The Labute approximate surface area is 152 Å². The number of nitrogens with one attached hydrogen (secondary N) is 1. The van der Waals surface area contributed by atoms with Crippen LogP contribution in [0.1, 0.15) is 48.7 Å². The van der Waals surface area contributed by atoms with Gasteiger partial charge in [0, 0.05) is 5.56 Å². The third kappa shape index (κ3) is 4.48. The molecule has 2 atom stereocenters. The monoisotopic (exact) mass is 355 g/mol. The summed E-state index contributed by atoms with van der Waals surface area (Å²) in [6.45, 7) is 3.16. The number of ether oxygens (including phenoxy) is 1. The van der Waals surface area contributed by atoms with Gasteiger partial charge < -0.3 is 10.1 Å². The predicted octanol–water partition coefficient (Wildman–Crippen LogP) is 4.06. The number of Topliss-reactive ketones (excluding diaryl/α,β-unsaturated/α-hetero) is 1. The van der Waals surface area contributed by atoms with Gasteiger partial charge in [0.05, 0.1) is 6.04 Å². The molecule has 1 fully saturated rings. The second-order valence-corrected chi connectivity index (χ2v) is 6.72. The highest BCUT2D eigenvalue weighted by molar-refractivity contribution is 5.94. The third-order valence-electron chi connectivity index (χ3n) is 4.54. The van der Waals surface area contributed by atoms with Crippen LogP contribution in [0.3, 0.4) is 0 Å². The van der Waals surface area contributed by atoms with Crippen LogP contribution in [0.4, 0.5) is 4.39 Å². The van der Waals surface area contributed by atoms with Gasteiger partial charge in [0.25, 0.3) is 5.91 Å². The van der Waals surface area contributed by atoms with Crippen molar-refractivity contribution in [2.45, 2.75) is 38.8 Å². The van der Waals surface area contributed by atoms with Crippen molar-refractivity contribution in [2.24, 2.45) is 5.92 Å². The van der Waals surface area contributed by atoms with Crippen molar-refractivity contribution < 1.29 is 18.7 Å². The van der Waals surface area contributed by atoms with E-state index in [0.29, 0.717) is 17.2 Å². The topological polar surface area (TPSA) is 55.4 Å². The zero-order chi connectivity index (χ0) is 18.7. The predicted molar refractivity (Wildman–Crippen MR) is 96.5 cm³/mol. The number of carbonyl (C=O) groups is 2. The fourth-order valence-corrected chi connectivity index (χ4v) is 2.89. The van der Waals surface area contributed by atoms with Gasteiger partial charge in [-0.05, 0) is 62.4 Å². The average molecular weight is 355 g/mol. The van der Waals surface area contributed by atoms with E-state index in [4.69, 9.17) is 4.74 Å². The van der Waals surface area contributed by atoms with Gasteiger partial charge in [-0.15, -0.1) is 0 Å². The summed E-state index contributed by atoms with van der Waals surface area (Å²) in [5.41, 5.74) is 1.44. The molecule has 1 amide bonds. The van der Waals surface area contributed by atoms with Gasteiger partial charge in [-0.1, -0.05) is 24.3 Å². The maximum atomic E-state index is 13.2. The molecule has 0 aromatic heterocycles. The molecule has 2 aromatic rings. The second kappa shape index (κ2) is 7.68. The molecule has 1 saturated carbocycles. The lowest BCUT2D eigenvalue weighted by molar-refractivity contribution is -0.128. The van der Waals surface area contributed by atoms with E-state index in [0.717, 1.165) is 18.4 Å². The molecule has 0 bridgehead atoms. The van der Waals surface area contributed by atoms with Gasteiger partial charge in [-0.2, -0.15) is 0 Å². The van der Waals surface area contributed by atoms with Crippen molar-refractivity contribution in [1.29, 1.82) is 0 Å². The largest absolute Gasteiger partial charge is 0.481 e. The first-order valence-corrected chi connectivity index (χ1v) is 8.77. The van der Waals surface area contributed by atoms with Crippen LogP contribution in [0.15, 0.2) is 48.5 Å². The first kappa shape index (κ1) is 18.1. The minimum absolute atomic E-state index is 0.0577. The summed E-state index contributed by atoms with van der Waals surface area (Å²) in [5, 5.41) is 3.02. The summed E-state index contributed by atoms with van der Waals surface area (Å²) < 4.78 is 18.9. The van der Waals surface area contributed by atoms with Gasteiger partial charge in [0.1, 0.15) is 11.6 Å². The van der Waals surface area contributed by atoms with E-state index in [9.17, 15) is 14.0 Å². The van der Waals surface area contributed by atoms with Crippen LogP contribution in [0.5, 0.6) is 5.75 Å². The van der Waals surface area contributed by atoms with Crippen LogP contribution in [0.2, 0.25) is 0 Å². The first-order chi connectivity index (χ1) is 12.4. The van der Waals surface area contributed by atoms with Crippen LogP contribution in [0.25, 0.3) is 0 Å². The van der Waals surface area contributed by atoms with E-state index in [-0.39, 0.29) is 23.5 Å². The Morgan fingerprint density at radius 1 is 1.15 bits per heavy atom. The van der Waals surface area contributed by atoms with Crippen molar-refractivity contribution in [2.75, 3.05) is 0 Å². The zero-order valence-electron chi connectivity index (χ0n) is 14.9. The number of hydrogen-bond acceptors (Lipinski definition) is 3. The molecular formula is C21H22FNO3. The Bertz CT molecular complexity index is 799. The minimum Gasteiger partial charge on any atom is -0.481 e. The summed E-state index contributed by atoms with van der Waals surface area (Å²) in [7, 11) is 0. The fraction of sp³-hybridized carbons (Fsp3) is 0.333. The maximum Gasteiger partial charge on any atom is 0.261 e. The van der Waals surface area contributed by atoms with Crippen LogP contribution < -0.4 is 10.1 Å². The summed E-state index contributed by atoms with van der Waals surface area (Å²) in [6.07, 6.45) is 1.37. The Morgan fingerprint density at radius 2 is 1.85 bits per heavy atom. The van der Waals surface area contributed by atoms with E-state index in [2.05, 4.69) is 5.32 Å². The van der Waals surface area contributed by atoms with Crippen LogP contribution in [0, 0.1) is 11.7 Å². The average Bonchev–Trinajstić information content (AvgIpc) is 3.45. The number of ketones is 1. The number of halogens is 1. The molecule has 2 unspecified atom stereocenters. The number of benzene rings is 2. The zero-order valence-corrected chi connectivity index (χ0v) is 14.9. The molecule has 3 rings (SSSR count). The molecule has 4 nitrogen and oxygen atoms in total. The van der Waals surface area contributed by atoms with Gasteiger partial charge in [0.15, 0.2) is 11.9 Å². The molecule has 0 radical (unpaired) electrons. The highest BCUT2D eigenvalue weighted by Gasteiger charge is 2.34. The molecule has 0 heterocycles. The minimum atomic E-state index is -0.709. The molecule has 26 heavy (non-hydrogen) atoms. The second-order valence-electron chi connectivity index (χ2n) is 6.72. The van der Waals surface area contributed by atoms with Crippen LogP contribution in [-0.4, -0.2) is 17.8 Å². The van der Waals surface area contributed by atoms with Gasteiger partial charge in [-0.25, -0.2) is 4.39 Å². The molecule has 0 spiro atoms.